The molecule has 78 valence electrons. The SMILES string of the molecule is CCCCCC(I)c1ccccc1O. The van der Waals surface area contributed by atoms with Crippen molar-refractivity contribution < 1.29 is 5.11 Å². The summed E-state index contributed by atoms with van der Waals surface area (Å²) in [5.41, 5.74) is 1.07. The van der Waals surface area contributed by atoms with Gasteiger partial charge in [-0.3, -0.25) is 0 Å². The maximum absolute atomic E-state index is 9.63. The first-order valence-electron chi connectivity index (χ1n) is 5.17. The quantitative estimate of drug-likeness (QED) is 0.484. The molecule has 14 heavy (non-hydrogen) atoms. The molecule has 0 bridgehead atoms. The lowest BCUT2D eigenvalue weighted by molar-refractivity contribution is 0.466. The first-order valence-corrected chi connectivity index (χ1v) is 6.42. The Labute approximate surface area is 99.7 Å². The second-order valence-electron chi connectivity index (χ2n) is 3.52. The van der Waals surface area contributed by atoms with Crippen LogP contribution in [-0.4, -0.2) is 5.11 Å². The highest BCUT2D eigenvalue weighted by Gasteiger charge is 2.10. The highest BCUT2D eigenvalue weighted by Crippen LogP contribution is 2.34. The van der Waals surface area contributed by atoms with Gasteiger partial charge in [0, 0.05) is 9.49 Å². The van der Waals surface area contributed by atoms with Crippen molar-refractivity contribution in [2.45, 2.75) is 36.5 Å². The van der Waals surface area contributed by atoms with Crippen LogP contribution in [0.3, 0.4) is 0 Å². The van der Waals surface area contributed by atoms with Crippen molar-refractivity contribution in [1.82, 2.24) is 0 Å². The van der Waals surface area contributed by atoms with Gasteiger partial charge in [0.15, 0.2) is 0 Å². The minimum Gasteiger partial charge on any atom is -0.508 e. The summed E-state index contributed by atoms with van der Waals surface area (Å²) in [6.45, 7) is 2.21. The summed E-state index contributed by atoms with van der Waals surface area (Å²) < 4.78 is 0.445. The Morgan fingerprint density at radius 3 is 2.64 bits per heavy atom. The summed E-state index contributed by atoms with van der Waals surface area (Å²) in [5.74, 6) is 0.434. The minimum atomic E-state index is 0.434. The molecule has 1 aromatic carbocycles. The summed E-state index contributed by atoms with van der Waals surface area (Å²) in [5, 5.41) is 9.63. The molecule has 0 aromatic heterocycles. The zero-order valence-electron chi connectivity index (χ0n) is 8.54. The molecule has 0 aliphatic heterocycles. The van der Waals surface area contributed by atoms with E-state index in [-0.39, 0.29) is 0 Å². The van der Waals surface area contributed by atoms with Crippen molar-refractivity contribution in [3.05, 3.63) is 29.8 Å². The fourth-order valence-corrected chi connectivity index (χ4v) is 2.45. The number of unbranched alkanes of at least 4 members (excludes halogenated alkanes) is 2. The van der Waals surface area contributed by atoms with Crippen LogP contribution in [0.4, 0.5) is 0 Å². The van der Waals surface area contributed by atoms with Crippen LogP contribution in [0.25, 0.3) is 0 Å². The molecule has 0 amide bonds. The molecular formula is C12H17IO. The molecule has 1 rings (SSSR count). The van der Waals surface area contributed by atoms with Crippen LogP contribution in [0.2, 0.25) is 0 Å². The molecule has 1 N–H and O–H groups in total. The average Bonchev–Trinajstić information content (AvgIpc) is 2.18. The Balaban J connectivity index is 2.51. The first kappa shape index (κ1) is 11.8. The van der Waals surface area contributed by atoms with E-state index in [1.807, 2.05) is 18.2 Å². The maximum atomic E-state index is 9.63. The number of phenols is 1. The molecule has 0 spiro atoms. The number of hydrogen-bond acceptors (Lipinski definition) is 1. The third kappa shape index (κ3) is 3.48. The lowest BCUT2D eigenvalue weighted by Gasteiger charge is -2.11. The Bertz CT molecular complexity index is 273. The fraction of sp³-hybridized carbons (Fsp3) is 0.500. The van der Waals surface area contributed by atoms with E-state index >= 15 is 0 Å². The summed E-state index contributed by atoms with van der Waals surface area (Å²) in [6.07, 6.45) is 4.95. The van der Waals surface area contributed by atoms with E-state index in [0.29, 0.717) is 9.67 Å². The number of benzene rings is 1. The zero-order chi connectivity index (χ0) is 10.4. The van der Waals surface area contributed by atoms with Crippen LogP contribution in [0.1, 0.15) is 42.1 Å². The van der Waals surface area contributed by atoms with Gasteiger partial charge in [0.25, 0.3) is 0 Å². The monoisotopic (exact) mass is 304 g/mol. The molecule has 0 fully saturated rings. The molecule has 0 saturated carbocycles. The first-order chi connectivity index (χ1) is 6.75. The number of hydrogen-bond donors (Lipinski definition) is 1. The van der Waals surface area contributed by atoms with Crippen LogP contribution in [-0.2, 0) is 0 Å². The van der Waals surface area contributed by atoms with Gasteiger partial charge in [0.2, 0.25) is 0 Å². The third-order valence-corrected chi connectivity index (χ3v) is 3.63. The van der Waals surface area contributed by atoms with Crippen LogP contribution >= 0.6 is 22.6 Å². The average molecular weight is 304 g/mol. The van der Waals surface area contributed by atoms with E-state index < -0.39 is 0 Å². The molecule has 0 radical (unpaired) electrons. The second kappa shape index (κ2) is 6.27. The smallest absolute Gasteiger partial charge is 0.119 e. The standard InChI is InChI=1S/C12H17IO/c1-2-3-4-8-11(13)10-7-5-6-9-12(10)14/h5-7,9,11,14H,2-4,8H2,1H3. The predicted molar refractivity (Wildman–Crippen MR) is 69.0 cm³/mol. The van der Waals surface area contributed by atoms with Gasteiger partial charge in [-0.05, 0) is 12.5 Å². The van der Waals surface area contributed by atoms with Crippen LogP contribution in [0.5, 0.6) is 5.75 Å². The van der Waals surface area contributed by atoms with Gasteiger partial charge in [-0.15, -0.1) is 0 Å². The van der Waals surface area contributed by atoms with Crippen molar-refractivity contribution in [2.75, 3.05) is 0 Å². The van der Waals surface area contributed by atoms with E-state index in [1.54, 1.807) is 6.07 Å². The van der Waals surface area contributed by atoms with E-state index in [9.17, 15) is 5.11 Å². The van der Waals surface area contributed by atoms with E-state index in [1.165, 1.54) is 19.3 Å². The third-order valence-electron chi connectivity index (χ3n) is 2.34. The Kier molecular flexibility index (Phi) is 5.30. The molecular weight excluding hydrogens is 287 g/mol. The van der Waals surface area contributed by atoms with Crippen LogP contribution < -0.4 is 0 Å². The summed E-state index contributed by atoms with van der Waals surface area (Å²) in [4.78, 5) is 0. The van der Waals surface area contributed by atoms with Gasteiger partial charge in [-0.25, -0.2) is 0 Å². The number of halogens is 1. The van der Waals surface area contributed by atoms with Crippen LogP contribution in [0.15, 0.2) is 24.3 Å². The lowest BCUT2D eigenvalue weighted by Crippen LogP contribution is -1.90. The summed E-state index contributed by atoms with van der Waals surface area (Å²) in [7, 11) is 0. The van der Waals surface area contributed by atoms with Crippen molar-refractivity contribution in [3.63, 3.8) is 0 Å². The molecule has 1 aromatic rings. The van der Waals surface area contributed by atoms with E-state index in [4.69, 9.17) is 0 Å². The number of alkyl halides is 1. The van der Waals surface area contributed by atoms with Gasteiger partial charge >= 0.3 is 0 Å². The van der Waals surface area contributed by atoms with Gasteiger partial charge in [0.05, 0.1) is 0 Å². The number of rotatable bonds is 5. The lowest BCUT2D eigenvalue weighted by atomic mass is 10.1. The predicted octanol–water partition coefficient (Wildman–Crippen LogP) is 4.45. The van der Waals surface area contributed by atoms with Crippen molar-refractivity contribution in [2.24, 2.45) is 0 Å². The van der Waals surface area contributed by atoms with Gasteiger partial charge in [0.1, 0.15) is 5.75 Å². The second-order valence-corrected chi connectivity index (χ2v) is 5.03. The normalized spacial score (nSPS) is 12.7. The highest BCUT2D eigenvalue weighted by atomic mass is 127. The van der Waals surface area contributed by atoms with E-state index in [0.717, 1.165) is 12.0 Å². The molecule has 1 atom stereocenters. The molecule has 1 nitrogen and oxygen atoms in total. The van der Waals surface area contributed by atoms with Crippen molar-refractivity contribution in [1.29, 1.82) is 0 Å². The Morgan fingerprint density at radius 2 is 2.00 bits per heavy atom. The Hall–Kier alpha value is -0.250. The summed E-state index contributed by atoms with van der Waals surface area (Å²) in [6, 6.07) is 7.63. The summed E-state index contributed by atoms with van der Waals surface area (Å²) >= 11 is 2.41. The van der Waals surface area contributed by atoms with Crippen LogP contribution in [0, 0.1) is 0 Å². The number of phenolic OH excluding ortho intramolecular Hbond substituents is 1. The molecule has 0 aliphatic carbocycles. The highest BCUT2D eigenvalue weighted by molar-refractivity contribution is 14.1. The minimum absolute atomic E-state index is 0.434. The topological polar surface area (TPSA) is 20.2 Å². The molecule has 0 aliphatic rings. The molecule has 0 saturated heterocycles. The molecule has 2 heteroatoms. The Morgan fingerprint density at radius 1 is 1.29 bits per heavy atom. The van der Waals surface area contributed by atoms with Gasteiger partial charge in [-0.2, -0.15) is 0 Å². The van der Waals surface area contributed by atoms with Gasteiger partial charge < -0.3 is 5.11 Å². The van der Waals surface area contributed by atoms with Crippen molar-refractivity contribution >= 4 is 22.6 Å². The maximum Gasteiger partial charge on any atom is 0.119 e. The fourth-order valence-electron chi connectivity index (χ4n) is 1.48. The van der Waals surface area contributed by atoms with Gasteiger partial charge in [-0.1, -0.05) is 67.0 Å². The van der Waals surface area contributed by atoms with Crippen molar-refractivity contribution in [3.8, 4) is 5.75 Å². The number of para-hydroxylation sites is 1. The number of aromatic hydroxyl groups is 1. The molecule has 0 heterocycles. The van der Waals surface area contributed by atoms with E-state index in [2.05, 4.69) is 29.5 Å². The molecule has 1 unspecified atom stereocenters. The largest absolute Gasteiger partial charge is 0.508 e. The zero-order valence-corrected chi connectivity index (χ0v) is 10.7.